The Morgan fingerprint density at radius 3 is 2.75 bits per heavy atom. The maximum atomic E-state index is 12.9. The minimum Gasteiger partial charge on any atom is -0.493 e. The summed E-state index contributed by atoms with van der Waals surface area (Å²) in [7, 11) is 0. The molecule has 1 fully saturated rings. The van der Waals surface area contributed by atoms with Crippen LogP contribution >= 0.6 is 12.4 Å². The van der Waals surface area contributed by atoms with Crippen LogP contribution in [-0.2, 0) is 6.42 Å². The summed E-state index contributed by atoms with van der Waals surface area (Å²) in [6.07, 6.45) is -0.193. The Hall–Kier alpha value is -3.72. The molecule has 3 aromatic carbocycles. The van der Waals surface area contributed by atoms with E-state index in [2.05, 4.69) is 10.1 Å². The van der Waals surface area contributed by atoms with E-state index >= 15 is 0 Å². The van der Waals surface area contributed by atoms with Crippen molar-refractivity contribution in [3.63, 3.8) is 0 Å². The number of nitrogens with two attached hydrogens (primary N) is 1. The van der Waals surface area contributed by atoms with Gasteiger partial charge in [0.1, 0.15) is 11.8 Å². The molecule has 3 N–H and O–H groups in total. The highest BCUT2D eigenvalue weighted by Gasteiger charge is 2.31. The second kappa shape index (κ2) is 10.9. The van der Waals surface area contributed by atoms with Crippen LogP contribution in [-0.4, -0.2) is 34.2 Å². The Morgan fingerprint density at radius 2 is 1.94 bits per heavy atom. The fraction of sp³-hybridized carbons (Fsp3) is 0.269. The lowest BCUT2D eigenvalue weighted by Gasteiger charge is -2.21. The number of hydrogen-bond acceptors (Lipinski definition) is 5. The van der Waals surface area contributed by atoms with E-state index in [9.17, 15) is 8.78 Å². The van der Waals surface area contributed by atoms with E-state index in [1.807, 2.05) is 42.5 Å². The molecule has 10 heteroatoms. The minimum absolute atomic E-state index is 0. The molecule has 0 spiro atoms. The largest absolute Gasteiger partial charge is 0.493 e. The van der Waals surface area contributed by atoms with Crippen molar-refractivity contribution in [1.29, 1.82) is 5.41 Å². The van der Waals surface area contributed by atoms with E-state index in [4.69, 9.17) is 20.4 Å². The van der Waals surface area contributed by atoms with E-state index in [0.717, 1.165) is 34.7 Å². The molecule has 1 aromatic heterocycles. The molecule has 5 rings (SSSR count). The third kappa shape index (κ3) is 5.41. The molecule has 0 unspecified atom stereocenters. The standard InChI is InChI=1S/C26H25F2N5O2.ClH/c27-23(28)19-4-1-3-16(13-19)10-12-34-21-9-8-17-14-20(7-6-18(17)15-21)24-31-25(35-32-24)22-5-2-11-33(22)26(29)30;/h1,3-4,6-9,13-15,22-23H,2,5,10-12H2,(H3,29,30);1H/t22-;/m0./s1. The fourth-order valence-corrected chi connectivity index (χ4v) is 4.42. The molecule has 1 saturated heterocycles. The van der Waals surface area contributed by atoms with Crippen molar-refractivity contribution in [2.45, 2.75) is 31.7 Å². The topological polar surface area (TPSA) is 101 Å². The molecule has 4 aromatic rings. The van der Waals surface area contributed by atoms with Crippen LogP contribution in [0.3, 0.4) is 0 Å². The van der Waals surface area contributed by atoms with Crippen molar-refractivity contribution in [3.05, 3.63) is 77.7 Å². The summed E-state index contributed by atoms with van der Waals surface area (Å²) in [4.78, 5) is 6.34. The van der Waals surface area contributed by atoms with E-state index in [1.54, 1.807) is 11.0 Å². The van der Waals surface area contributed by atoms with Gasteiger partial charge in [-0.05, 0) is 47.4 Å². The number of guanidine groups is 1. The van der Waals surface area contributed by atoms with Gasteiger partial charge in [-0.15, -0.1) is 12.4 Å². The zero-order chi connectivity index (χ0) is 24.4. The molecular formula is C26H26ClF2N5O2. The van der Waals surface area contributed by atoms with Crippen molar-refractivity contribution in [1.82, 2.24) is 15.0 Å². The number of alkyl halides is 2. The van der Waals surface area contributed by atoms with E-state index in [-0.39, 0.29) is 30.0 Å². The molecule has 0 bridgehead atoms. The van der Waals surface area contributed by atoms with E-state index in [0.29, 0.717) is 37.0 Å². The molecule has 188 valence electrons. The molecule has 0 amide bonds. The molecule has 0 radical (unpaired) electrons. The van der Waals surface area contributed by atoms with Crippen molar-refractivity contribution in [3.8, 4) is 17.1 Å². The summed E-state index contributed by atoms with van der Waals surface area (Å²) in [5.74, 6) is 1.68. The molecule has 0 saturated carbocycles. The van der Waals surface area contributed by atoms with Gasteiger partial charge in [0, 0.05) is 24.1 Å². The van der Waals surface area contributed by atoms with Crippen LogP contribution in [0.4, 0.5) is 8.78 Å². The monoisotopic (exact) mass is 513 g/mol. The number of hydrogen-bond donors (Lipinski definition) is 2. The SMILES string of the molecule is Cl.N=C(N)N1CCC[C@H]1c1nc(-c2ccc3cc(OCCc4cccc(C(F)F)c4)ccc3c2)no1. The minimum atomic E-state index is -2.47. The molecule has 0 aliphatic carbocycles. The number of nitrogens with one attached hydrogen (secondary N) is 1. The van der Waals surface area contributed by atoms with Gasteiger partial charge in [0.25, 0.3) is 6.43 Å². The maximum absolute atomic E-state index is 12.9. The van der Waals surface area contributed by atoms with Crippen LogP contribution in [0.5, 0.6) is 5.75 Å². The Morgan fingerprint density at radius 1 is 1.14 bits per heavy atom. The highest BCUT2D eigenvalue weighted by Crippen LogP contribution is 2.32. The molecule has 1 atom stereocenters. The summed E-state index contributed by atoms with van der Waals surface area (Å²) in [6, 6.07) is 17.9. The number of fused-ring (bicyclic) bond motifs is 1. The number of halogens is 3. The first-order valence-corrected chi connectivity index (χ1v) is 11.5. The third-order valence-corrected chi connectivity index (χ3v) is 6.22. The fourth-order valence-electron chi connectivity index (χ4n) is 4.42. The third-order valence-electron chi connectivity index (χ3n) is 6.22. The van der Waals surface area contributed by atoms with Crippen LogP contribution < -0.4 is 10.5 Å². The highest BCUT2D eigenvalue weighted by molar-refractivity contribution is 5.87. The Kier molecular flexibility index (Phi) is 7.69. The summed E-state index contributed by atoms with van der Waals surface area (Å²) in [5, 5.41) is 13.9. The van der Waals surface area contributed by atoms with E-state index < -0.39 is 6.43 Å². The Balaban J connectivity index is 0.00000304. The summed E-state index contributed by atoms with van der Waals surface area (Å²) >= 11 is 0. The molecular weight excluding hydrogens is 488 g/mol. The van der Waals surface area contributed by atoms with Crippen molar-refractivity contribution in [2.75, 3.05) is 13.2 Å². The van der Waals surface area contributed by atoms with Gasteiger partial charge >= 0.3 is 0 Å². The normalized spacial score (nSPS) is 15.3. The van der Waals surface area contributed by atoms with Crippen LogP contribution in [0, 0.1) is 5.41 Å². The Labute approximate surface area is 213 Å². The zero-order valence-electron chi connectivity index (χ0n) is 19.4. The lowest BCUT2D eigenvalue weighted by molar-refractivity contribution is 0.151. The van der Waals surface area contributed by atoms with Gasteiger partial charge in [0.15, 0.2) is 5.96 Å². The van der Waals surface area contributed by atoms with Crippen LogP contribution in [0.1, 0.15) is 42.3 Å². The lowest BCUT2D eigenvalue weighted by Crippen LogP contribution is -2.35. The quantitative estimate of drug-likeness (QED) is 0.235. The van der Waals surface area contributed by atoms with Crippen molar-refractivity contribution in [2.24, 2.45) is 5.73 Å². The van der Waals surface area contributed by atoms with Gasteiger partial charge < -0.3 is 19.9 Å². The van der Waals surface area contributed by atoms with Gasteiger partial charge in [0.2, 0.25) is 11.7 Å². The van der Waals surface area contributed by atoms with Gasteiger partial charge in [-0.1, -0.05) is 47.6 Å². The van der Waals surface area contributed by atoms with Gasteiger partial charge in [0.05, 0.1) is 6.61 Å². The second-order valence-electron chi connectivity index (χ2n) is 8.56. The van der Waals surface area contributed by atoms with Crippen LogP contribution in [0.25, 0.3) is 22.2 Å². The van der Waals surface area contributed by atoms with Crippen LogP contribution in [0.2, 0.25) is 0 Å². The van der Waals surface area contributed by atoms with Gasteiger partial charge in [-0.3, -0.25) is 5.41 Å². The maximum Gasteiger partial charge on any atom is 0.263 e. The van der Waals surface area contributed by atoms with Crippen molar-refractivity contribution >= 4 is 29.1 Å². The van der Waals surface area contributed by atoms with E-state index in [1.165, 1.54) is 12.1 Å². The summed E-state index contributed by atoms with van der Waals surface area (Å²) in [5.41, 5.74) is 7.34. The summed E-state index contributed by atoms with van der Waals surface area (Å²) in [6.45, 7) is 1.10. The number of ether oxygens (including phenoxy) is 1. The average Bonchev–Trinajstić information content (AvgIpc) is 3.54. The second-order valence-corrected chi connectivity index (χ2v) is 8.56. The smallest absolute Gasteiger partial charge is 0.263 e. The first-order valence-electron chi connectivity index (χ1n) is 11.5. The number of benzene rings is 3. The molecule has 1 aliphatic heterocycles. The summed E-state index contributed by atoms with van der Waals surface area (Å²) < 4.78 is 37.1. The van der Waals surface area contributed by atoms with Gasteiger partial charge in [-0.25, -0.2) is 8.78 Å². The van der Waals surface area contributed by atoms with Crippen molar-refractivity contribution < 1.29 is 18.0 Å². The Bertz CT molecular complexity index is 1360. The van der Waals surface area contributed by atoms with Gasteiger partial charge in [-0.2, -0.15) is 4.98 Å². The number of aromatic nitrogens is 2. The molecule has 2 heterocycles. The zero-order valence-corrected chi connectivity index (χ0v) is 20.2. The predicted molar refractivity (Wildman–Crippen MR) is 136 cm³/mol. The first kappa shape index (κ1) is 25.4. The molecule has 1 aliphatic rings. The molecule has 7 nitrogen and oxygen atoms in total. The number of likely N-dealkylation sites (tertiary alicyclic amines) is 1. The average molecular weight is 514 g/mol. The number of rotatable bonds is 7. The predicted octanol–water partition coefficient (Wildman–Crippen LogP) is 5.90. The lowest BCUT2D eigenvalue weighted by atomic mass is 10.1. The van der Waals surface area contributed by atoms with Crippen LogP contribution in [0.15, 0.2) is 65.2 Å². The first-order chi connectivity index (χ1) is 17.0. The number of nitrogens with zero attached hydrogens (tertiary/aromatic N) is 3. The highest BCUT2D eigenvalue weighted by atomic mass is 35.5. The molecule has 36 heavy (non-hydrogen) atoms.